The van der Waals surface area contributed by atoms with Gasteiger partial charge in [-0.2, -0.15) is 15.2 Å². The molecular formula is C34H32ClF2N7O2. The summed E-state index contributed by atoms with van der Waals surface area (Å²) in [5.41, 5.74) is 0.578. The molecule has 3 saturated heterocycles. The molecule has 4 aromatic rings. The molecule has 9 nitrogen and oxygen atoms in total. The van der Waals surface area contributed by atoms with Gasteiger partial charge in [0, 0.05) is 41.8 Å². The van der Waals surface area contributed by atoms with Crippen molar-refractivity contribution in [2.24, 2.45) is 0 Å². The Morgan fingerprint density at radius 2 is 1.89 bits per heavy atom. The Hall–Kier alpha value is -4.40. The maximum absolute atomic E-state index is 16.7. The van der Waals surface area contributed by atoms with Gasteiger partial charge in [-0.1, -0.05) is 48.5 Å². The lowest BCUT2D eigenvalue weighted by atomic mass is 9.95. The van der Waals surface area contributed by atoms with Crippen LogP contribution in [0.25, 0.3) is 32.9 Å². The molecule has 0 unspecified atom stereocenters. The van der Waals surface area contributed by atoms with Gasteiger partial charge in [0.2, 0.25) is 0 Å². The van der Waals surface area contributed by atoms with E-state index in [1.54, 1.807) is 12.1 Å². The molecule has 46 heavy (non-hydrogen) atoms. The molecular weight excluding hydrogens is 612 g/mol. The quantitative estimate of drug-likeness (QED) is 0.224. The maximum atomic E-state index is 16.7. The van der Waals surface area contributed by atoms with Gasteiger partial charge < -0.3 is 14.5 Å². The van der Waals surface area contributed by atoms with Crippen LogP contribution in [0.2, 0.25) is 5.02 Å². The van der Waals surface area contributed by atoms with Crippen LogP contribution in [-0.2, 0) is 4.79 Å². The second kappa shape index (κ2) is 12.1. The van der Waals surface area contributed by atoms with E-state index in [9.17, 15) is 14.4 Å². The Balaban J connectivity index is 1.33. The van der Waals surface area contributed by atoms with Crippen molar-refractivity contribution < 1.29 is 18.3 Å². The number of amides is 1. The van der Waals surface area contributed by atoms with E-state index in [-0.39, 0.29) is 48.8 Å². The lowest BCUT2D eigenvalue weighted by Gasteiger charge is -2.41. The summed E-state index contributed by atoms with van der Waals surface area (Å²) in [7, 11) is 0. The van der Waals surface area contributed by atoms with Gasteiger partial charge >= 0.3 is 6.01 Å². The van der Waals surface area contributed by atoms with E-state index in [0.717, 1.165) is 44.2 Å². The second-order valence-corrected chi connectivity index (χ2v) is 12.6. The third-order valence-electron chi connectivity index (χ3n) is 9.64. The van der Waals surface area contributed by atoms with Crippen LogP contribution in [0.4, 0.5) is 14.6 Å². The number of hydrogen-bond acceptors (Lipinski definition) is 8. The number of halogens is 3. The number of rotatable bonds is 7. The standard InChI is InChI=1S/C34H32ClF2N7O2/c1-21(36)32(45)44-17-16-42(19-23(44)10-13-38)31-25-18-39-29(24-8-2-6-22-7-3-9-26(35)27(22)24)28(37)30(25)40-33(41-31)46-20-34-11-4-14-43(34)15-5-12-34/h2-3,6-9,18,23H,1,4-5,10-12,14-17,19-20H2/t23-/m0/s1. The first kappa shape index (κ1) is 30.3. The van der Waals surface area contributed by atoms with E-state index in [2.05, 4.69) is 27.5 Å². The molecule has 3 fully saturated rings. The Morgan fingerprint density at radius 3 is 2.63 bits per heavy atom. The minimum atomic E-state index is -1.08. The number of carbonyl (C=O) groups excluding carboxylic acids is 1. The molecule has 236 valence electrons. The first-order valence-corrected chi connectivity index (χ1v) is 15.9. The van der Waals surface area contributed by atoms with Crippen LogP contribution in [-0.4, -0.2) is 81.6 Å². The molecule has 5 heterocycles. The Labute approximate surface area is 270 Å². The van der Waals surface area contributed by atoms with Gasteiger partial charge in [-0.15, -0.1) is 0 Å². The zero-order valence-corrected chi connectivity index (χ0v) is 25.9. The number of benzene rings is 2. The zero-order valence-electron chi connectivity index (χ0n) is 25.2. The molecule has 0 spiro atoms. The fraction of sp³-hybridized carbons (Fsp3) is 0.382. The summed E-state index contributed by atoms with van der Waals surface area (Å²) in [4.78, 5) is 32.1. The van der Waals surface area contributed by atoms with Crippen molar-refractivity contribution in [3.05, 3.63) is 65.8 Å². The summed E-state index contributed by atoms with van der Waals surface area (Å²) in [5, 5.41) is 11.9. The number of anilines is 1. The maximum Gasteiger partial charge on any atom is 0.319 e. The highest BCUT2D eigenvalue weighted by Crippen LogP contribution is 2.40. The SMILES string of the molecule is C=C(F)C(=O)N1CCN(c2nc(OCC34CCCN3CCC4)nc3c(F)c(-c4cccc5cccc(Cl)c45)ncc23)C[C@@H]1CC#N. The van der Waals surface area contributed by atoms with Crippen LogP contribution < -0.4 is 9.64 Å². The molecule has 1 amide bonds. The Morgan fingerprint density at radius 1 is 1.13 bits per heavy atom. The van der Waals surface area contributed by atoms with Crippen molar-refractivity contribution in [1.82, 2.24) is 24.8 Å². The lowest BCUT2D eigenvalue weighted by Crippen LogP contribution is -2.55. The van der Waals surface area contributed by atoms with Crippen LogP contribution in [0.5, 0.6) is 6.01 Å². The average molecular weight is 644 g/mol. The van der Waals surface area contributed by atoms with Gasteiger partial charge in [0.1, 0.15) is 23.6 Å². The Bertz CT molecular complexity index is 1900. The van der Waals surface area contributed by atoms with Crippen LogP contribution in [0.15, 0.2) is 55.0 Å². The van der Waals surface area contributed by atoms with E-state index in [1.165, 1.54) is 11.1 Å². The molecule has 0 saturated carbocycles. The molecule has 3 aliphatic rings. The highest BCUT2D eigenvalue weighted by Gasteiger charge is 2.45. The zero-order chi connectivity index (χ0) is 32.0. The minimum absolute atomic E-state index is 0.0289. The predicted molar refractivity (Wildman–Crippen MR) is 172 cm³/mol. The third kappa shape index (κ3) is 5.19. The van der Waals surface area contributed by atoms with Crippen molar-refractivity contribution in [2.45, 2.75) is 43.7 Å². The topological polar surface area (TPSA) is 98.5 Å². The number of nitriles is 1. The first-order chi connectivity index (χ1) is 22.3. The average Bonchev–Trinajstić information content (AvgIpc) is 3.64. The van der Waals surface area contributed by atoms with Crippen LogP contribution in [0.1, 0.15) is 32.1 Å². The second-order valence-electron chi connectivity index (χ2n) is 12.2. The van der Waals surface area contributed by atoms with Crippen molar-refractivity contribution in [3.63, 3.8) is 0 Å². The van der Waals surface area contributed by atoms with Crippen molar-refractivity contribution >= 4 is 45.0 Å². The summed E-state index contributed by atoms with van der Waals surface area (Å²) in [5.74, 6) is -2.20. The molecule has 0 aliphatic carbocycles. The van der Waals surface area contributed by atoms with Crippen LogP contribution in [0.3, 0.4) is 0 Å². The predicted octanol–water partition coefficient (Wildman–Crippen LogP) is 6.06. The van der Waals surface area contributed by atoms with Crippen molar-refractivity contribution in [1.29, 1.82) is 5.26 Å². The highest BCUT2D eigenvalue weighted by molar-refractivity contribution is 6.36. The number of piperazine rings is 1. The summed E-state index contributed by atoms with van der Waals surface area (Å²) in [6, 6.07) is 12.5. The Kier molecular flexibility index (Phi) is 7.95. The van der Waals surface area contributed by atoms with E-state index in [0.29, 0.717) is 33.8 Å². The molecule has 0 bridgehead atoms. The molecule has 1 atom stereocenters. The van der Waals surface area contributed by atoms with Gasteiger partial charge in [-0.3, -0.25) is 14.7 Å². The fourth-order valence-electron chi connectivity index (χ4n) is 7.42. The molecule has 3 aliphatic heterocycles. The fourth-order valence-corrected chi connectivity index (χ4v) is 7.70. The number of aromatic nitrogens is 3. The molecule has 2 aromatic carbocycles. The number of ether oxygens (including phenoxy) is 1. The summed E-state index contributed by atoms with van der Waals surface area (Å²) >= 11 is 6.59. The number of carbonyl (C=O) groups is 1. The molecule has 2 aromatic heterocycles. The highest BCUT2D eigenvalue weighted by atomic mass is 35.5. The first-order valence-electron chi connectivity index (χ1n) is 15.5. The van der Waals surface area contributed by atoms with Gasteiger partial charge in [0.25, 0.3) is 5.91 Å². The number of nitrogens with zero attached hydrogens (tertiary/aromatic N) is 7. The molecule has 7 rings (SSSR count). The van der Waals surface area contributed by atoms with Gasteiger partial charge in [0.05, 0.1) is 29.5 Å². The van der Waals surface area contributed by atoms with E-state index in [1.807, 2.05) is 29.2 Å². The molecule has 12 heteroatoms. The summed E-state index contributed by atoms with van der Waals surface area (Å²) < 4.78 is 36.9. The van der Waals surface area contributed by atoms with Crippen molar-refractivity contribution in [3.8, 4) is 23.3 Å². The van der Waals surface area contributed by atoms with Crippen LogP contribution in [0, 0.1) is 17.1 Å². The van der Waals surface area contributed by atoms with E-state index >= 15 is 4.39 Å². The van der Waals surface area contributed by atoms with Gasteiger partial charge in [0.15, 0.2) is 11.6 Å². The van der Waals surface area contributed by atoms with Gasteiger partial charge in [-0.25, -0.2) is 8.78 Å². The monoisotopic (exact) mass is 643 g/mol. The van der Waals surface area contributed by atoms with Gasteiger partial charge in [-0.05, 0) is 50.2 Å². The largest absolute Gasteiger partial charge is 0.461 e. The summed E-state index contributed by atoms with van der Waals surface area (Å²) in [6.45, 7) is 6.12. The van der Waals surface area contributed by atoms with E-state index in [4.69, 9.17) is 21.3 Å². The number of fused-ring (bicyclic) bond motifs is 3. The molecule has 0 N–H and O–H groups in total. The smallest absolute Gasteiger partial charge is 0.319 e. The van der Waals surface area contributed by atoms with Crippen LogP contribution >= 0.6 is 11.6 Å². The van der Waals surface area contributed by atoms with E-state index < -0.39 is 23.6 Å². The normalized spacial score (nSPS) is 19.4. The minimum Gasteiger partial charge on any atom is -0.461 e. The number of hydrogen-bond donors (Lipinski definition) is 0. The number of pyridine rings is 1. The molecule has 0 radical (unpaired) electrons. The van der Waals surface area contributed by atoms with Crippen molar-refractivity contribution in [2.75, 3.05) is 44.2 Å². The third-order valence-corrected chi connectivity index (χ3v) is 9.95. The summed E-state index contributed by atoms with van der Waals surface area (Å²) in [6.07, 6.45) is 5.74. The lowest BCUT2D eigenvalue weighted by molar-refractivity contribution is -0.131.